The van der Waals surface area contributed by atoms with Gasteiger partial charge >= 0.3 is 0 Å². The van der Waals surface area contributed by atoms with E-state index in [0.717, 1.165) is 16.7 Å². The fourth-order valence-corrected chi connectivity index (χ4v) is 3.23. The monoisotopic (exact) mass is 329 g/mol. The number of carbonyl (C=O) groups excluding carboxylic acids is 1. The molecular formula is C23H23NO. The van der Waals surface area contributed by atoms with Crippen molar-refractivity contribution >= 4 is 5.78 Å². The van der Waals surface area contributed by atoms with Gasteiger partial charge in [-0.3, -0.25) is 10.1 Å². The largest absolute Gasteiger partial charge is 0.298 e. The summed E-state index contributed by atoms with van der Waals surface area (Å²) in [6, 6.07) is 31.0. The smallest absolute Gasteiger partial charge is 0.146 e. The molecule has 0 saturated heterocycles. The first-order valence-electron chi connectivity index (χ1n) is 8.70. The highest BCUT2D eigenvalue weighted by atomic mass is 16.1. The van der Waals surface area contributed by atoms with Gasteiger partial charge in [0.2, 0.25) is 0 Å². The third-order valence-corrected chi connectivity index (χ3v) is 4.57. The van der Waals surface area contributed by atoms with Gasteiger partial charge < -0.3 is 0 Å². The number of carbonyl (C=O) groups is 1. The number of benzene rings is 3. The zero-order chi connectivity index (χ0) is 17.5. The van der Waals surface area contributed by atoms with Crippen LogP contribution in [0.3, 0.4) is 0 Å². The highest BCUT2D eigenvalue weighted by Crippen LogP contribution is 2.36. The second kappa shape index (κ2) is 7.91. The molecule has 0 radical (unpaired) electrons. The average molecular weight is 329 g/mol. The summed E-state index contributed by atoms with van der Waals surface area (Å²) in [5, 5.41) is 3.58. The summed E-state index contributed by atoms with van der Waals surface area (Å²) >= 11 is 0. The van der Waals surface area contributed by atoms with Gasteiger partial charge in [-0.25, -0.2) is 0 Å². The number of nitrogens with one attached hydrogen (secondary N) is 1. The van der Waals surface area contributed by atoms with E-state index in [4.69, 9.17) is 0 Å². The van der Waals surface area contributed by atoms with Crippen molar-refractivity contribution in [2.75, 3.05) is 6.54 Å². The molecule has 0 bridgehead atoms. The Hall–Kier alpha value is -2.71. The molecule has 3 aromatic carbocycles. The minimum atomic E-state index is -0.561. The van der Waals surface area contributed by atoms with Crippen molar-refractivity contribution in [2.24, 2.45) is 0 Å². The molecule has 0 aliphatic heterocycles. The summed E-state index contributed by atoms with van der Waals surface area (Å²) in [5.41, 5.74) is 2.80. The molecule has 0 saturated carbocycles. The fraction of sp³-hybridized carbons (Fsp3) is 0.174. The van der Waals surface area contributed by atoms with Crippen LogP contribution in [0.4, 0.5) is 0 Å². The maximum absolute atomic E-state index is 12.1. The number of hydrogen-bond acceptors (Lipinski definition) is 2. The molecule has 2 heteroatoms. The van der Waals surface area contributed by atoms with Crippen molar-refractivity contribution in [2.45, 2.75) is 18.9 Å². The lowest BCUT2D eigenvalue weighted by Crippen LogP contribution is -2.46. The first-order valence-corrected chi connectivity index (χ1v) is 8.70. The minimum absolute atomic E-state index is 0.201. The zero-order valence-electron chi connectivity index (χ0n) is 14.5. The van der Waals surface area contributed by atoms with Crippen LogP contribution in [0.15, 0.2) is 91.0 Å². The fourth-order valence-electron chi connectivity index (χ4n) is 3.23. The lowest BCUT2D eigenvalue weighted by Gasteiger charge is -2.37. The molecule has 3 aromatic rings. The number of hydrogen-bond donors (Lipinski definition) is 1. The predicted molar refractivity (Wildman–Crippen MR) is 103 cm³/mol. The van der Waals surface area contributed by atoms with E-state index in [1.807, 2.05) is 61.5 Å². The number of Topliss-reactive ketones (excluding diaryl/α,β-unsaturated/α-hetero) is 1. The standard InChI is InChI=1S/C23H23NO/c1-2-22(25)18-24-23(19-12-6-3-7-13-19,20-14-8-4-9-15-20)21-16-10-5-11-17-21/h3-17,24H,2,18H2,1H3. The van der Waals surface area contributed by atoms with E-state index in [9.17, 15) is 4.79 Å². The molecule has 0 aromatic heterocycles. The van der Waals surface area contributed by atoms with E-state index in [-0.39, 0.29) is 5.78 Å². The third-order valence-electron chi connectivity index (χ3n) is 4.57. The van der Waals surface area contributed by atoms with Gasteiger partial charge in [0, 0.05) is 6.42 Å². The molecule has 0 unspecified atom stereocenters. The maximum atomic E-state index is 12.1. The molecular weight excluding hydrogens is 306 g/mol. The Bertz CT molecular complexity index is 701. The minimum Gasteiger partial charge on any atom is -0.298 e. The normalized spacial score (nSPS) is 11.2. The van der Waals surface area contributed by atoms with E-state index in [1.54, 1.807) is 0 Å². The van der Waals surface area contributed by atoms with Crippen molar-refractivity contribution in [1.82, 2.24) is 5.32 Å². The number of rotatable bonds is 7. The summed E-state index contributed by atoms with van der Waals surface area (Å²) in [7, 11) is 0. The van der Waals surface area contributed by atoms with Gasteiger partial charge in [0.05, 0.1) is 12.1 Å². The molecule has 0 atom stereocenters. The van der Waals surface area contributed by atoms with Gasteiger partial charge in [0.25, 0.3) is 0 Å². The van der Waals surface area contributed by atoms with Gasteiger partial charge in [-0.1, -0.05) is 97.9 Å². The zero-order valence-corrected chi connectivity index (χ0v) is 14.5. The van der Waals surface area contributed by atoms with Crippen LogP contribution in [0.25, 0.3) is 0 Å². The molecule has 0 aliphatic rings. The molecule has 0 amide bonds. The highest BCUT2D eigenvalue weighted by molar-refractivity contribution is 5.80. The average Bonchev–Trinajstić information content (AvgIpc) is 2.71. The molecule has 126 valence electrons. The van der Waals surface area contributed by atoms with E-state index in [2.05, 4.69) is 41.7 Å². The molecule has 0 spiro atoms. The number of ketones is 1. The van der Waals surface area contributed by atoms with Crippen molar-refractivity contribution in [3.63, 3.8) is 0 Å². The van der Waals surface area contributed by atoms with Crippen LogP contribution in [0.2, 0.25) is 0 Å². The summed E-state index contributed by atoms with van der Waals surface area (Å²) in [6.07, 6.45) is 0.529. The van der Waals surface area contributed by atoms with Gasteiger partial charge in [-0.15, -0.1) is 0 Å². The predicted octanol–water partition coefficient (Wildman–Crippen LogP) is 4.55. The second-order valence-electron chi connectivity index (χ2n) is 6.09. The molecule has 0 fully saturated rings. The Balaban J connectivity index is 2.22. The van der Waals surface area contributed by atoms with Gasteiger partial charge in [0.1, 0.15) is 5.78 Å². The lowest BCUT2D eigenvalue weighted by atomic mass is 9.77. The van der Waals surface area contributed by atoms with Crippen molar-refractivity contribution in [3.05, 3.63) is 108 Å². The summed E-state index contributed by atoms with van der Waals surface area (Å²) in [6.45, 7) is 2.23. The van der Waals surface area contributed by atoms with Crippen LogP contribution in [0, 0.1) is 0 Å². The van der Waals surface area contributed by atoms with Gasteiger partial charge in [0.15, 0.2) is 0 Å². The molecule has 0 aliphatic carbocycles. The first kappa shape index (κ1) is 17.1. The summed E-state index contributed by atoms with van der Waals surface area (Å²) in [4.78, 5) is 12.1. The Morgan fingerprint density at radius 1 is 0.720 bits per heavy atom. The van der Waals surface area contributed by atoms with Crippen LogP contribution in [0.5, 0.6) is 0 Å². The molecule has 25 heavy (non-hydrogen) atoms. The van der Waals surface area contributed by atoms with Crippen LogP contribution in [-0.2, 0) is 10.3 Å². The van der Waals surface area contributed by atoms with E-state index >= 15 is 0 Å². The molecule has 3 rings (SSSR count). The topological polar surface area (TPSA) is 29.1 Å². The summed E-state index contributed by atoms with van der Waals surface area (Å²) < 4.78 is 0. The maximum Gasteiger partial charge on any atom is 0.146 e. The van der Waals surface area contributed by atoms with E-state index < -0.39 is 5.54 Å². The van der Waals surface area contributed by atoms with Crippen LogP contribution in [-0.4, -0.2) is 12.3 Å². The van der Waals surface area contributed by atoms with Crippen LogP contribution >= 0.6 is 0 Å². The third kappa shape index (κ3) is 3.54. The SMILES string of the molecule is CCC(=O)CNC(c1ccccc1)(c1ccccc1)c1ccccc1. The second-order valence-corrected chi connectivity index (χ2v) is 6.09. The van der Waals surface area contributed by atoms with E-state index in [1.165, 1.54) is 0 Å². The van der Waals surface area contributed by atoms with Gasteiger partial charge in [-0.05, 0) is 16.7 Å². The van der Waals surface area contributed by atoms with Crippen molar-refractivity contribution < 1.29 is 4.79 Å². The quantitative estimate of drug-likeness (QED) is 0.644. The first-order chi connectivity index (χ1) is 12.3. The van der Waals surface area contributed by atoms with Crippen molar-refractivity contribution in [3.8, 4) is 0 Å². The highest BCUT2D eigenvalue weighted by Gasteiger charge is 2.35. The van der Waals surface area contributed by atoms with E-state index in [0.29, 0.717) is 13.0 Å². The van der Waals surface area contributed by atoms with Crippen LogP contribution in [0.1, 0.15) is 30.0 Å². The molecule has 0 heterocycles. The Morgan fingerprint density at radius 3 is 1.40 bits per heavy atom. The molecule has 1 N–H and O–H groups in total. The van der Waals surface area contributed by atoms with Crippen LogP contribution < -0.4 is 5.32 Å². The Morgan fingerprint density at radius 2 is 1.08 bits per heavy atom. The Labute approximate surface area is 149 Å². The van der Waals surface area contributed by atoms with Crippen molar-refractivity contribution in [1.29, 1.82) is 0 Å². The molecule has 2 nitrogen and oxygen atoms in total. The Kier molecular flexibility index (Phi) is 5.42. The van der Waals surface area contributed by atoms with Gasteiger partial charge in [-0.2, -0.15) is 0 Å². The lowest BCUT2D eigenvalue weighted by molar-refractivity contribution is -0.118. The summed E-state index contributed by atoms with van der Waals surface area (Å²) in [5.74, 6) is 0.201.